The fourth-order valence-corrected chi connectivity index (χ4v) is 6.16. The van der Waals surface area contributed by atoms with E-state index in [0.717, 1.165) is 15.4 Å². The van der Waals surface area contributed by atoms with E-state index in [1.807, 2.05) is 33.8 Å². The predicted molar refractivity (Wildman–Crippen MR) is 169 cm³/mol. The summed E-state index contributed by atoms with van der Waals surface area (Å²) in [7, 11) is -1.23. The molecular formula is C32H40ClN3O6S. The lowest BCUT2D eigenvalue weighted by Gasteiger charge is -2.34. The first-order chi connectivity index (χ1) is 20.4. The molecule has 0 aliphatic heterocycles. The zero-order valence-electron chi connectivity index (χ0n) is 25.5. The number of hydrogen-bond donors (Lipinski definition) is 1. The lowest BCUT2D eigenvalue weighted by atomic mass is 10.1. The highest BCUT2D eigenvalue weighted by molar-refractivity contribution is 7.92. The van der Waals surface area contributed by atoms with Crippen LogP contribution in [0.5, 0.6) is 11.5 Å². The molecule has 9 nitrogen and oxygen atoms in total. The molecule has 11 heteroatoms. The lowest BCUT2D eigenvalue weighted by Crippen LogP contribution is -2.53. The Hall–Kier alpha value is -3.76. The smallest absolute Gasteiger partial charge is 0.264 e. The van der Waals surface area contributed by atoms with Crippen molar-refractivity contribution in [1.82, 2.24) is 10.2 Å². The second-order valence-corrected chi connectivity index (χ2v) is 12.5. The summed E-state index contributed by atoms with van der Waals surface area (Å²) in [5.41, 5.74) is 1.79. The molecule has 0 aliphatic rings. The van der Waals surface area contributed by atoms with Gasteiger partial charge >= 0.3 is 0 Å². The van der Waals surface area contributed by atoms with Gasteiger partial charge in [0, 0.05) is 12.6 Å². The van der Waals surface area contributed by atoms with Crippen LogP contribution in [-0.2, 0) is 26.2 Å². The topological polar surface area (TPSA) is 105 Å². The van der Waals surface area contributed by atoms with Crippen molar-refractivity contribution in [2.45, 2.75) is 64.1 Å². The highest BCUT2D eigenvalue weighted by Crippen LogP contribution is 2.32. The molecule has 0 radical (unpaired) electrons. The molecule has 0 heterocycles. The van der Waals surface area contributed by atoms with E-state index < -0.39 is 28.5 Å². The van der Waals surface area contributed by atoms with Gasteiger partial charge in [-0.25, -0.2) is 8.42 Å². The molecular weight excluding hydrogens is 590 g/mol. The van der Waals surface area contributed by atoms with Gasteiger partial charge in [0.15, 0.2) is 0 Å². The number of nitrogens with zero attached hydrogens (tertiary/aromatic N) is 2. The van der Waals surface area contributed by atoms with Crippen LogP contribution in [0, 0.1) is 6.92 Å². The number of benzene rings is 3. The van der Waals surface area contributed by atoms with E-state index >= 15 is 0 Å². The van der Waals surface area contributed by atoms with Gasteiger partial charge in [0.05, 0.1) is 29.8 Å². The van der Waals surface area contributed by atoms with Crippen LogP contribution in [0.25, 0.3) is 0 Å². The predicted octanol–water partition coefficient (Wildman–Crippen LogP) is 5.58. The number of carbonyl (C=O) groups is 2. The Morgan fingerprint density at radius 2 is 1.65 bits per heavy atom. The first-order valence-corrected chi connectivity index (χ1v) is 15.9. The molecule has 232 valence electrons. The van der Waals surface area contributed by atoms with Crippen molar-refractivity contribution in [2.75, 3.05) is 25.1 Å². The Kier molecular flexibility index (Phi) is 11.9. The summed E-state index contributed by atoms with van der Waals surface area (Å²) in [6.07, 6.45) is 1.03. The Labute approximate surface area is 259 Å². The van der Waals surface area contributed by atoms with Crippen molar-refractivity contribution < 1.29 is 27.5 Å². The van der Waals surface area contributed by atoms with Gasteiger partial charge in [0.2, 0.25) is 11.8 Å². The molecule has 0 aromatic heterocycles. The highest BCUT2D eigenvalue weighted by atomic mass is 35.5. The minimum atomic E-state index is -4.23. The zero-order chi connectivity index (χ0) is 31.7. The number of halogens is 1. The van der Waals surface area contributed by atoms with E-state index in [1.165, 1.54) is 36.3 Å². The largest absolute Gasteiger partial charge is 0.497 e. The molecule has 2 atom stereocenters. The molecule has 3 aromatic rings. The van der Waals surface area contributed by atoms with Gasteiger partial charge in [-0.05, 0) is 74.7 Å². The van der Waals surface area contributed by atoms with Gasteiger partial charge < -0.3 is 19.7 Å². The average Bonchev–Trinajstić information content (AvgIpc) is 2.99. The van der Waals surface area contributed by atoms with Gasteiger partial charge in [-0.1, -0.05) is 55.3 Å². The van der Waals surface area contributed by atoms with Gasteiger partial charge in [-0.15, -0.1) is 0 Å². The number of methoxy groups -OCH3 is 2. The third kappa shape index (κ3) is 8.42. The van der Waals surface area contributed by atoms with E-state index in [1.54, 1.807) is 43.5 Å². The van der Waals surface area contributed by atoms with Crippen molar-refractivity contribution >= 4 is 39.1 Å². The number of hydrogen-bond acceptors (Lipinski definition) is 6. The third-order valence-corrected chi connectivity index (χ3v) is 9.27. The van der Waals surface area contributed by atoms with E-state index in [2.05, 4.69) is 5.32 Å². The van der Waals surface area contributed by atoms with Crippen LogP contribution in [0.3, 0.4) is 0 Å². The summed E-state index contributed by atoms with van der Waals surface area (Å²) >= 11 is 6.40. The molecule has 0 spiro atoms. The lowest BCUT2D eigenvalue weighted by molar-refractivity contribution is -0.140. The number of rotatable bonds is 14. The van der Waals surface area contributed by atoms with Crippen LogP contribution < -0.4 is 19.1 Å². The minimum absolute atomic E-state index is 0.0127. The second kappa shape index (κ2) is 15.1. The minimum Gasteiger partial charge on any atom is -0.497 e. The normalized spacial score (nSPS) is 12.6. The molecule has 2 amide bonds. The number of amides is 2. The van der Waals surface area contributed by atoms with Crippen LogP contribution in [0.2, 0.25) is 5.02 Å². The first kappa shape index (κ1) is 33.7. The molecule has 0 fully saturated rings. The van der Waals surface area contributed by atoms with Crippen molar-refractivity contribution in [3.63, 3.8) is 0 Å². The molecule has 3 rings (SSSR count). The fraction of sp³-hybridized carbons (Fsp3) is 0.375. The van der Waals surface area contributed by atoms with Crippen LogP contribution >= 0.6 is 11.6 Å². The van der Waals surface area contributed by atoms with Crippen molar-refractivity contribution in [2.24, 2.45) is 0 Å². The Morgan fingerprint density at radius 1 is 0.953 bits per heavy atom. The molecule has 0 aliphatic carbocycles. The van der Waals surface area contributed by atoms with E-state index in [-0.39, 0.29) is 34.1 Å². The number of ether oxygens (including phenoxy) is 2. The Morgan fingerprint density at radius 3 is 2.23 bits per heavy atom. The summed E-state index contributed by atoms with van der Waals surface area (Å²) in [5.74, 6) is 0.0837. The maximum absolute atomic E-state index is 14.2. The SMILES string of the molecule is CC[C@H](C)NC(=O)[C@H](CC)N(Cc1cccc(OC)c1)C(=O)CN(c1ccc(OC)c(Cl)c1)S(=O)(=O)c1ccc(C)cc1. The Balaban J connectivity index is 2.11. The third-order valence-electron chi connectivity index (χ3n) is 7.19. The number of carbonyl (C=O) groups excluding carboxylic acids is 2. The molecule has 0 saturated carbocycles. The summed E-state index contributed by atoms with van der Waals surface area (Å²) in [4.78, 5) is 29.1. The van der Waals surface area contributed by atoms with Crippen LogP contribution in [0.1, 0.15) is 44.7 Å². The summed E-state index contributed by atoms with van der Waals surface area (Å²) in [6, 6.07) is 17.1. The summed E-state index contributed by atoms with van der Waals surface area (Å²) in [5, 5.41) is 3.15. The van der Waals surface area contributed by atoms with Crippen LogP contribution in [0.15, 0.2) is 71.6 Å². The number of anilines is 1. The first-order valence-electron chi connectivity index (χ1n) is 14.1. The van der Waals surface area contributed by atoms with E-state index in [4.69, 9.17) is 21.1 Å². The van der Waals surface area contributed by atoms with Crippen LogP contribution in [0.4, 0.5) is 5.69 Å². The number of nitrogens with one attached hydrogen (secondary N) is 1. The Bertz CT molecular complexity index is 1510. The summed E-state index contributed by atoms with van der Waals surface area (Å²) < 4.78 is 39.7. The van der Waals surface area contributed by atoms with E-state index in [9.17, 15) is 18.0 Å². The highest BCUT2D eigenvalue weighted by Gasteiger charge is 2.34. The fourth-order valence-electron chi connectivity index (χ4n) is 4.50. The molecule has 1 N–H and O–H groups in total. The van der Waals surface area contributed by atoms with Gasteiger partial charge in [0.1, 0.15) is 24.1 Å². The molecule has 0 bridgehead atoms. The average molecular weight is 630 g/mol. The number of sulfonamides is 1. The van der Waals surface area contributed by atoms with Crippen molar-refractivity contribution in [3.8, 4) is 11.5 Å². The monoisotopic (exact) mass is 629 g/mol. The summed E-state index contributed by atoms with van der Waals surface area (Å²) in [6.45, 7) is 7.00. The standard InChI is InChI=1S/C32H40ClN3O6S/c1-7-23(4)34-32(38)29(8-2)35(20-24-10-9-11-26(18-24)41-5)31(37)21-36(25-14-17-30(42-6)28(33)19-25)43(39,40)27-15-12-22(3)13-16-27/h9-19,23,29H,7-8,20-21H2,1-6H3,(H,34,38)/t23-,29-/m0/s1. The van der Waals surface area contributed by atoms with Gasteiger partial charge in [0.25, 0.3) is 10.0 Å². The molecule has 43 heavy (non-hydrogen) atoms. The number of aryl methyl sites for hydroxylation is 1. The molecule has 0 unspecified atom stereocenters. The maximum Gasteiger partial charge on any atom is 0.264 e. The second-order valence-electron chi connectivity index (χ2n) is 10.3. The molecule has 3 aromatic carbocycles. The molecule has 0 saturated heterocycles. The quantitative estimate of drug-likeness (QED) is 0.250. The van der Waals surface area contributed by atoms with Crippen LogP contribution in [-0.4, -0.2) is 58.0 Å². The van der Waals surface area contributed by atoms with Crippen molar-refractivity contribution in [3.05, 3.63) is 82.9 Å². The van der Waals surface area contributed by atoms with Gasteiger partial charge in [-0.2, -0.15) is 0 Å². The maximum atomic E-state index is 14.2. The zero-order valence-corrected chi connectivity index (χ0v) is 27.0. The van der Waals surface area contributed by atoms with E-state index in [0.29, 0.717) is 24.3 Å². The van der Waals surface area contributed by atoms with Crippen molar-refractivity contribution in [1.29, 1.82) is 0 Å². The van der Waals surface area contributed by atoms with Gasteiger partial charge in [-0.3, -0.25) is 13.9 Å².